The summed E-state index contributed by atoms with van der Waals surface area (Å²) in [5, 5.41) is 0. The van der Waals surface area contributed by atoms with E-state index in [1.54, 1.807) is 0 Å². The van der Waals surface area contributed by atoms with Crippen LogP contribution in [0.3, 0.4) is 0 Å². The minimum absolute atomic E-state index is 0.0162. The van der Waals surface area contributed by atoms with E-state index in [0.717, 1.165) is 6.54 Å². The van der Waals surface area contributed by atoms with Crippen molar-refractivity contribution in [3.05, 3.63) is 0 Å². The number of piperidine rings is 1. The maximum atomic E-state index is 11.9. The van der Waals surface area contributed by atoms with Crippen LogP contribution in [0.1, 0.15) is 44.9 Å². The molecule has 1 atom stereocenters. The number of methoxy groups -OCH3 is 1. The minimum Gasteiger partial charge on any atom is -0.469 e. The van der Waals surface area contributed by atoms with Crippen molar-refractivity contribution in [2.24, 2.45) is 11.8 Å². The van der Waals surface area contributed by atoms with Gasteiger partial charge in [0.05, 0.1) is 13.0 Å². The standard InChI is InChI=1S/C14H25NO2/c1-17-14(16)13(12-7-3-4-8-12)11-15-9-5-2-6-10-15/h12-13H,2-11H2,1H3. The molecule has 0 amide bonds. The fraction of sp³-hybridized carbons (Fsp3) is 0.929. The van der Waals surface area contributed by atoms with Gasteiger partial charge in [0.2, 0.25) is 0 Å². The van der Waals surface area contributed by atoms with Crippen molar-refractivity contribution in [1.29, 1.82) is 0 Å². The zero-order valence-electron chi connectivity index (χ0n) is 11.0. The van der Waals surface area contributed by atoms with Gasteiger partial charge in [-0.15, -0.1) is 0 Å². The molecule has 0 spiro atoms. The number of carbonyl (C=O) groups is 1. The molecular formula is C14H25NO2. The van der Waals surface area contributed by atoms with Crippen LogP contribution in [0.5, 0.6) is 0 Å². The number of hydrogen-bond donors (Lipinski definition) is 0. The van der Waals surface area contributed by atoms with Gasteiger partial charge in [0, 0.05) is 6.54 Å². The zero-order chi connectivity index (χ0) is 12.1. The molecule has 3 nitrogen and oxygen atoms in total. The van der Waals surface area contributed by atoms with Gasteiger partial charge >= 0.3 is 5.97 Å². The maximum Gasteiger partial charge on any atom is 0.310 e. The maximum absolute atomic E-state index is 11.9. The van der Waals surface area contributed by atoms with Crippen molar-refractivity contribution in [3.8, 4) is 0 Å². The number of ether oxygens (including phenoxy) is 1. The van der Waals surface area contributed by atoms with Crippen LogP contribution >= 0.6 is 0 Å². The average molecular weight is 239 g/mol. The van der Waals surface area contributed by atoms with Crippen LogP contribution in [-0.2, 0) is 9.53 Å². The summed E-state index contributed by atoms with van der Waals surface area (Å²) in [5.74, 6) is 0.715. The minimum atomic E-state index is 0.0162. The van der Waals surface area contributed by atoms with Gasteiger partial charge in [-0.05, 0) is 44.7 Å². The van der Waals surface area contributed by atoms with Gasteiger partial charge in [0.1, 0.15) is 0 Å². The van der Waals surface area contributed by atoms with Crippen LogP contribution in [0.25, 0.3) is 0 Å². The first kappa shape index (κ1) is 12.9. The zero-order valence-corrected chi connectivity index (χ0v) is 11.0. The Balaban J connectivity index is 1.91. The van der Waals surface area contributed by atoms with E-state index in [0.29, 0.717) is 5.92 Å². The lowest BCUT2D eigenvalue weighted by Gasteiger charge is -2.31. The second-order valence-electron chi connectivity index (χ2n) is 5.54. The summed E-state index contributed by atoms with van der Waals surface area (Å²) in [4.78, 5) is 14.4. The van der Waals surface area contributed by atoms with Crippen molar-refractivity contribution >= 4 is 5.97 Å². The van der Waals surface area contributed by atoms with E-state index < -0.39 is 0 Å². The van der Waals surface area contributed by atoms with Crippen LogP contribution in [0, 0.1) is 11.8 Å². The van der Waals surface area contributed by atoms with Crippen molar-refractivity contribution in [2.45, 2.75) is 44.9 Å². The second kappa shape index (κ2) is 6.39. The summed E-state index contributed by atoms with van der Waals surface area (Å²) in [5.41, 5.74) is 0. The molecular weight excluding hydrogens is 214 g/mol. The van der Waals surface area contributed by atoms with E-state index in [2.05, 4.69) is 4.90 Å². The molecule has 0 N–H and O–H groups in total. The molecule has 0 radical (unpaired) electrons. The number of rotatable bonds is 4. The van der Waals surface area contributed by atoms with Crippen molar-refractivity contribution in [1.82, 2.24) is 4.90 Å². The first-order valence-electron chi connectivity index (χ1n) is 7.11. The number of esters is 1. The fourth-order valence-electron chi connectivity index (χ4n) is 3.35. The highest BCUT2D eigenvalue weighted by Gasteiger charge is 2.33. The third-order valence-corrected chi connectivity index (χ3v) is 4.38. The van der Waals surface area contributed by atoms with Gasteiger partial charge in [-0.3, -0.25) is 4.79 Å². The van der Waals surface area contributed by atoms with Crippen LogP contribution in [0.15, 0.2) is 0 Å². The molecule has 0 aromatic heterocycles. The first-order chi connectivity index (χ1) is 8.31. The van der Waals surface area contributed by atoms with Crippen LogP contribution < -0.4 is 0 Å². The third-order valence-electron chi connectivity index (χ3n) is 4.38. The molecule has 1 heterocycles. The average Bonchev–Trinajstić information content (AvgIpc) is 2.90. The molecule has 1 unspecified atom stereocenters. The first-order valence-corrected chi connectivity index (χ1v) is 7.11. The molecule has 1 aliphatic carbocycles. The van der Waals surface area contributed by atoms with E-state index >= 15 is 0 Å². The molecule has 1 aliphatic heterocycles. The monoisotopic (exact) mass is 239 g/mol. The van der Waals surface area contributed by atoms with E-state index in [1.807, 2.05) is 0 Å². The Labute approximate surface area is 105 Å². The second-order valence-corrected chi connectivity index (χ2v) is 5.54. The fourth-order valence-corrected chi connectivity index (χ4v) is 3.35. The van der Waals surface area contributed by atoms with Crippen molar-refractivity contribution in [3.63, 3.8) is 0 Å². The topological polar surface area (TPSA) is 29.5 Å². The van der Waals surface area contributed by atoms with Gasteiger partial charge in [0.15, 0.2) is 0 Å². The normalized spacial score (nSPS) is 24.8. The molecule has 0 bridgehead atoms. The predicted molar refractivity (Wildman–Crippen MR) is 67.8 cm³/mol. The molecule has 0 aromatic carbocycles. The Bertz CT molecular complexity index is 243. The molecule has 0 aromatic rings. The number of carbonyl (C=O) groups excluding carboxylic acids is 1. The molecule has 2 rings (SSSR count). The van der Waals surface area contributed by atoms with Gasteiger partial charge in [0.25, 0.3) is 0 Å². The lowest BCUT2D eigenvalue weighted by atomic mass is 9.90. The van der Waals surface area contributed by atoms with Gasteiger partial charge in [-0.1, -0.05) is 19.3 Å². The Morgan fingerprint density at radius 1 is 1.18 bits per heavy atom. The number of hydrogen-bond acceptors (Lipinski definition) is 3. The van der Waals surface area contributed by atoms with E-state index in [4.69, 9.17) is 4.74 Å². The van der Waals surface area contributed by atoms with E-state index in [1.165, 1.54) is 65.1 Å². The summed E-state index contributed by atoms with van der Waals surface area (Å²) < 4.78 is 5.00. The van der Waals surface area contributed by atoms with Crippen LogP contribution in [-0.4, -0.2) is 37.6 Å². The van der Waals surface area contributed by atoms with Gasteiger partial charge in [-0.2, -0.15) is 0 Å². The molecule has 1 saturated carbocycles. The summed E-state index contributed by atoms with van der Waals surface area (Å²) in [7, 11) is 1.53. The SMILES string of the molecule is COC(=O)C(CN1CCCCC1)C1CCCC1. The molecule has 17 heavy (non-hydrogen) atoms. The summed E-state index contributed by atoms with van der Waals surface area (Å²) >= 11 is 0. The molecule has 3 heteroatoms. The van der Waals surface area contributed by atoms with Gasteiger partial charge < -0.3 is 9.64 Å². The lowest BCUT2D eigenvalue weighted by molar-refractivity contribution is -0.148. The third kappa shape index (κ3) is 3.44. The predicted octanol–water partition coefficient (Wildman–Crippen LogP) is 2.45. The molecule has 1 saturated heterocycles. The lowest BCUT2D eigenvalue weighted by Crippen LogP contribution is -2.39. The van der Waals surface area contributed by atoms with E-state index in [9.17, 15) is 4.79 Å². The largest absolute Gasteiger partial charge is 0.469 e. The highest BCUT2D eigenvalue weighted by Crippen LogP contribution is 2.33. The summed E-state index contributed by atoms with van der Waals surface area (Å²) in [6.45, 7) is 3.26. The van der Waals surface area contributed by atoms with Gasteiger partial charge in [-0.25, -0.2) is 0 Å². The number of nitrogens with zero attached hydrogens (tertiary/aromatic N) is 1. The Morgan fingerprint density at radius 3 is 2.41 bits per heavy atom. The Hall–Kier alpha value is -0.570. The Kier molecular flexibility index (Phi) is 4.84. The molecule has 2 fully saturated rings. The Morgan fingerprint density at radius 2 is 1.82 bits per heavy atom. The summed E-state index contributed by atoms with van der Waals surface area (Å²) in [6.07, 6.45) is 8.94. The van der Waals surface area contributed by atoms with Crippen LogP contribution in [0.4, 0.5) is 0 Å². The number of likely N-dealkylation sites (tertiary alicyclic amines) is 1. The highest BCUT2D eigenvalue weighted by atomic mass is 16.5. The van der Waals surface area contributed by atoms with Crippen molar-refractivity contribution < 1.29 is 9.53 Å². The smallest absolute Gasteiger partial charge is 0.310 e. The summed E-state index contributed by atoms with van der Waals surface area (Å²) in [6, 6.07) is 0. The molecule has 2 aliphatic rings. The van der Waals surface area contributed by atoms with Crippen molar-refractivity contribution in [2.75, 3.05) is 26.7 Å². The highest BCUT2D eigenvalue weighted by molar-refractivity contribution is 5.73. The van der Waals surface area contributed by atoms with E-state index in [-0.39, 0.29) is 11.9 Å². The molecule has 98 valence electrons. The quantitative estimate of drug-likeness (QED) is 0.706. The van der Waals surface area contributed by atoms with Crippen LogP contribution in [0.2, 0.25) is 0 Å².